The number of fused-ring (bicyclic) bond motifs is 2. The highest BCUT2D eigenvalue weighted by atomic mass is 16.6. The highest BCUT2D eigenvalue weighted by Gasteiger charge is 2.76. The smallest absolute Gasteiger partial charge is 0.313 e. The summed E-state index contributed by atoms with van der Waals surface area (Å²) in [5.41, 5.74) is 4.21. The quantitative estimate of drug-likeness (QED) is 0.747. The maximum absolute atomic E-state index is 12.8. The number of rotatable bonds is 0. The molecule has 0 amide bonds. The third-order valence-electron chi connectivity index (χ3n) is 7.36. The largest absolute Gasteiger partial charge is 0.508 e. The van der Waals surface area contributed by atoms with Gasteiger partial charge in [0.05, 0.1) is 17.6 Å². The van der Waals surface area contributed by atoms with E-state index in [2.05, 4.69) is 6.92 Å². The summed E-state index contributed by atoms with van der Waals surface area (Å²) in [5.74, 6) is 1.07. The summed E-state index contributed by atoms with van der Waals surface area (Å²) in [7, 11) is 0. The van der Waals surface area contributed by atoms with Crippen LogP contribution < -0.4 is 0 Å². The monoisotopic (exact) mass is 298 g/mol. The third-order valence-corrected chi connectivity index (χ3v) is 7.36. The minimum atomic E-state index is -0.402. The summed E-state index contributed by atoms with van der Waals surface area (Å²) >= 11 is 0. The van der Waals surface area contributed by atoms with Gasteiger partial charge >= 0.3 is 5.97 Å². The zero-order chi connectivity index (χ0) is 15.0. The fraction of sp³-hybridized carbons (Fsp3) is 0.611. The van der Waals surface area contributed by atoms with Gasteiger partial charge in [0.15, 0.2) is 0 Å². The molecule has 1 saturated carbocycles. The number of hydrogen-bond acceptors (Lipinski definition) is 4. The average molecular weight is 298 g/mol. The molecule has 4 heteroatoms. The van der Waals surface area contributed by atoms with Gasteiger partial charge in [-0.1, -0.05) is 6.92 Å². The number of phenolic OH excluding ortho intramolecular Hbond substituents is 1. The molecule has 0 unspecified atom stereocenters. The second-order valence-electron chi connectivity index (χ2n) is 7.78. The molecule has 6 aliphatic rings. The summed E-state index contributed by atoms with van der Waals surface area (Å²) in [5, 5.41) is 10.3. The molecule has 1 aromatic rings. The predicted molar refractivity (Wildman–Crippen MR) is 76.5 cm³/mol. The number of hydrogen-bond donors (Lipinski definition) is 1. The van der Waals surface area contributed by atoms with Crippen LogP contribution >= 0.6 is 0 Å². The fourth-order valence-electron chi connectivity index (χ4n) is 6.45. The molecule has 4 nitrogen and oxygen atoms in total. The van der Waals surface area contributed by atoms with Crippen molar-refractivity contribution in [1.82, 2.24) is 0 Å². The molecule has 1 spiro atoms. The van der Waals surface area contributed by atoms with Crippen molar-refractivity contribution in [2.75, 3.05) is 0 Å². The summed E-state index contributed by atoms with van der Waals surface area (Å²) in [4.78, 5) is 12.8. The number of carbonyl (C=O) groups excluding carboxylic acids is 1. The topological polar surface area (TPSA) is 55.8 Å². The zero-order valence-corrected chi connectivity index (χ0v) is 12.6. The number of carbonyl (C=O) groups is 1. The standard InChI is InChI=1S/C18H18O4/c1-6-9(19)5-8-3-4-18-7(2)14-16(22-17(18)20)12-13(18)11(8)10(6)15(12)21-14/h5,7,12-16,19H,3-4H2,1-2H3/t7-,12-,13-,14-,15+,16-,18-/m1/s1. The van der Waals surface area contributed by atoms with Gasteiger partial charge in [-0.3, -0.25) is 4.79 Å². The third kappa shape index (κ3) is 0.913. The molecule has 0 radical (unpaired) electrons. The first-order valence-corrected chi connectivity index (χ1v) is 8.27. The Labute approximate surface area is 128 Å². The molecular formula is C18H18O4. The Balaban J connectivity index is 1.75. The molecule has 1 N–H and O–H groups in total. The molecule has 0 aromatic heterocycles. The fourth-order valence-corrected chi connectivity index (χ4v) is 6.45. The van der Waals surface area contributed by atoms with Gasteiger partial charge in [-0.25, -0.2) is 0 Å². The lowest BCUT2D eigenvalue weighted by atomic mass is 9.49. The van der Waals surface area contributed by atoms with Crippen LogP contribution in [0.2, 0.25) is 0 Å². The molecule has 7 rings (SSSR count). The summed E-state index contributed by atoms with van der Waals surface area (Å²) in [6.07, 6.45) is 1.60. The minimum Gasteiger partial charge on any atom is -0.508 e. The SMILES string of the molecule is Cc1c(O)cc2c3c1[C@@H]1O[C@H]4[C@@H]5OC(=O)[C@](CC2)([C@@H]4C)[C@H]3[C@@H]51. The van der Waals surface area contributed by atoms with Crippen molar-refractivity contribution in [3.05, 3.63) is 28.3 Å². The molecule has 1 aromatic carbocycles. The van der Waals surface area contributed by atoms with Gasteiger partial charge in [0, 0.05) is 17.8 Å². The maximum atomic E-state index is 12.8. The van der Waals surface area contributed by atoms with E-state index in [0.29, 0.717) is 5.75 Å². The lowest BCUT2D eigenvalue weighted by Gasteiger charge is -2.57. The number of aryl methyl sites for hydroxylation is 1. The first-order valence-electron chi connectivity index (χ1n) is 8.27. The van der Waals surface area contributed by atoms with Crippen molar-refractivity contribution in [2.24, 2.45) is 17.3 Å². The van der Waals surface area contributed by atoms with Gasteiger partial charge in [0.2, 0.25) is 0 Å². The van der Waals surface area contributed by atoms with E-state index in [4.69, 9.17) is 9.47 Å². The van der Waals surface area contributed by atoms with Crippen LogP contribution in [0.5, 0.6) is 5.75 Å². The van der Waals surface area contributed by atoms with E-state index < -0.39 is 5.41 Å². The highest BCUT2D eigenvalue weighted by molar-refractivity contribution is 5.84. The van der Waals surface area contributed by atoms with E-state index in [1.807, 2.05) is 13.0 Å². The van der Waals surface area contributed by atoms with Crippen molar-refractivity contribution in [1.29, 1.82) is 0 Å². The molecule has 22 heavy (non-hydrogen) atoms. The maximum Gasteiger partial charge on any atom is 0.313 e. The van der Waals surface area contributed by atoms with Gasteiger partial charge in [-0.2, -0.15) is 0 Å². The van der Waals surface area contributed by atoms with E-state index in [1.54, 1.807) is 0 Å². The van der Waals surface area contributed by atoms with Crippen LogP contribution in [0.4, 0.5) is 0 Å². The Morgan fingerprint density at radius 3 is 2.95 bits per heavy atom. The second-order valence-corrected chi connectivity index (χ2v) is 7.78. The van der Waals surface area contributed by atoms with Crippen molar-refractivity contribution >= 4 is 5.97 Å². The lowest BCUT2D eigenvalue weighted by Crippen LogP contribution is -2.64. The Bertz CT molecular complexity index is 769. The highest BCUT2D eigenvalue weighted by Crippen LogP contribution is 2.74. The first kappa shape index (κ1) is 11.9. The molecule has 4 bridgehead atoms. The lowest BCUT2D eigenvalue weighted by molar-refractivity contribution is -0.215. The van der Waals surface area contributed by atoms with Crippen LogP contribution in [0.15, 0.2) is 6.07 Å². The van der Waals surface area contributed by atoms with E-state index in [0.717, 1.165) is 24.0 Å². The molecule has 7 atom stereocenters. The van der Waals surface area contributed by atoms with Gasteiger partial charge in [-0.05, 0) is 48.1 Å². The van der Waals surface area contributed by atoms with Gasteiger partial charge in [0.25, 0.3) is 0 Å². The van der Waals surface area contributed by atoms with Crippen molar-refractivity contribution in [2.45, 2.75) is 50.9 Å². The van der Waals surface area contributed by atoms with Gasteiger partial charge < -0.3 is 14.6 Å². The Hall–Kier alpha value is -1.55. The minimum absolute atomic E-state index is 0.00336. The molecule has 3 aliphatic heterocycles. The van der Waals surface area contributed by atoms with Crippen LogP contribution in [0.1, 0.15) is 47.6 Å². The van der Waals surface area contributed by atoms with Crippen LogP contribution in [-0.4, -0.2) is 23.3 Å². The number of esters is 1. The molecular weight excluding hydrogens is 280 g/mol. The molecule has 114 valence electrons. The van der Waals surface area contributed by atoms with E-state index in [1.165, 1.54) is 11.1 Å². The summed E-state index contributed by atoms with van der Waals surface area (Å²) in [6.45, 7) is 4.14. The van der Waals surface area contributed by atoms with Crippen molar-refractivity contribution in [3.8, 4) is 5.75 Å². The van der Waals surface area contributed by atoms with Gasteiger partial charge in [0.1, 0.15) is 11.9 Å². The number of ether oxygens (including phenoxy) is 2. The normalized spacial score (nSPS) is 48.7. The van der Waals surface area contributed by atoms with Crippen molar-refractivity contribution < 1.29 is 19.4 Å². The molecule has 3 saturated heterocycles. The number of aromatic hydroxyl groups is 1. The van der Waals surface area contributed by atoms with Crippen molar-refractivity contribution in [3.63, 3.8) is 0 Å². The zero-order valence-electron chi connectivity index (χ0n) is 12.6. The Morgan fingerprint density at radius 1 is 1.32 bits per heavy atom. The van der Waals surface area contributed by atoms with E-state index in [9.17, 15) is 9.90 Å². The molecule has 4 fully saturated rings. The van der Waals surface area contributed by atoms with E-state index in [-0.39, 0.29) is 42.0 Å². The number of phenols is 1. The first-order chi connectivity index (χ1) is 10.6. The summed E-state index contributed by atoms with van der Waals surface area (Å²) < 4.78 is 12.2. The van der Waals surface area contributed by atoms with Crippen LogP contribution in [-0.2, 0) is 20.7 Å². The van der Waals surface area contributed by atoms with E-state index >= 15 is 0 Å². The van der Waals surface area contributed by atoms with Crippen LogP contribution in [0, 0.1) is 24.2 Å². The predicted octanol–water partition coefficient (Wildman–Crippen LogP) is 2.36. The Kier molecular flexibility index (Phi) is 1.74. The van der Waals surface area contributed by atoms with Crippen LogP contribution in [0.3, 0.4) is 0 Å². The average Bonchev–Trinajstić information content (AvgIpc) is 2.99. The second kappa shape index (κ2) is 3.21. The summed E-state index contributed by atoms with van der Waals surface area (Å²) in [6, 6.07) is 1.91. The molecule has 3 heterocycles. The molecule has 3 aliphatic carbocycles. The van der Waals surface area contributed by atoms with Crippen LogP contribution in [0.25, 0.3) is 0 Å². The number of benzene rings is 1. The Morgan fingerprint density at radius 2 is 2.14 bits per heavy atom. The van der Waals surface area contributed by atoms with Gasteiger partial charge in [-0.15, -0.1) is 0 Å².